The highest BCUT2D eigenvalue weighted by molar-refractivity contribution is 7.17. The molecule has 3 heteroatoms. The summed E-state index contributed by atoms with van der Waals surface area (Å²) in [7, 11) is 0. The fourth-order valence-corrected chi connectivity index (χ4v) is 3.28. The molecule has 0 fully saturated rings. The van der Waals surface area contributed by atoms with Crippen LogP contribution in [0.4, 0.5) is 0 Å². The van der Waals surface area contributed by atoms with Gasteiger partial charge >= 0.3 is 0 Å². The number of aliphatic hydroxyl groups is 1. The minimum Gasteiger partial charge on any atom is -0.489 e. The van der Waals surface area contributed by atoms with E-state index in [1.54, 1.807) is 11.3 Å². The second kappa shape index (κ2) is 6.29. The lowest BCUT2D eigenvalue weighted by Gasteiger charge is -2.10. The molecule has 1 N–H and O–H groups in total. The lowest BCUT2D eigenvalue weighted by Crippen LogP contribution is -1.97. The van der Waals surface area contributed by atoms with Crippen LogP contribution in [0.3, 0.4) is 0 Å². The topological polar surface area (TPSA) is 29.5 Å². The van der Waals surface area contributed by atoms with E-state index < -0.39 is 0 Å². The number of aliphatic hydroxyl groups excluding tert-OH is 1. The van der Waals surface area contributed by atoms with Crippen LogP contribution in [0, 0.1) is 0 Å². The molecule has 0 aliphatic heterocycles. The number of thiophene rings is 1. The van der Waals surface area contributed by atoms with E-state index in [1.807, 2.05) is 31.2 Å². The van der Waals surface area contributed by atoms with Gasteiger partial charge in [-0.05, 0) is 40.9 Å². The van der Waals surface area contributed by atoms with Crippen LogP contribution in [0.2, 0.25) is 0 Å². The fraction of sp³-hybridized carbons (Fsp3) is 0.222. The zero-order chi connectivity index (χ0) is 14.7. The van der Waals surface area contributed by atoms with Gasteiger partial charge in [0.05, 0.1) is 6.10 Å². The van der Waals surface area contributed by atoms with E-state index in [9.17, 15) is 5.11 Å². The highest BCUT2D eigenvalue weighted by atomic mass is 32.1. The molecule has 1 atom stereocenters. The van der Waals surface area contributed by atoms with Crippen molar-refractivity contribution >= 4 is 21.4 Å². The van der Waals surface area contributed by atoms with Gasteiger partial charge in [0.25, 0.3) is 0 Å². The molecule has 2 nitrogen and oxygen atoms in total. The van der Waals surface area contributed by atoms with Crippen LogP contribution in [0.25, 0.3) is 10.1 Å². The van der Waals surface area contributed by atoms with Gasteiger partial charge in [-0.25, -0.2) is 0 Å². The SMILES string of the molecule is CCC(O)c1ccc(OCc2csc3ccccc23)cc1. The Hall–Kier alpha value is -1.84. The smallest absolute Gasteiger partial charge is 0.119 e. The van der Waals surface area contributed by atoms with Gasteiger partial charge in [0, 0.05) is 10.3 Å². The van der Waals surface area contributed by atoms with Gasteiger partial charge in [0.2, 0.25) is 0 Å². The van der Waals surface area contributed by atoms with E-state index in [2.05, 4.69) is 29.6 Å². The van der Waals surface area contributed by atoms with Crippen molar-refractivity contribution in [2.24, 2.45) is 0 Å². The maximum absolute atomic E-state index is 9.78. The Kier molecular flexibility index (Phi) is 4.23. The molecule has 1 heterocycles. The molecule has 0 spiro atoms. The molecule has 0 radical (unpaired) electrons. The minimum atomic E-state index is -0.389. The van der Waals surface area contributed by atoms with Crippen molar-refractivity contribution < 1.29 is 9.84 Å². The summed E-state index contributed by atoms with van der Waals surface area (Å²) >= 11 is 1.75. The van der Waals surface area contributed by atoms with Crippen LogP contribution in [0.1, 0.15) is 30.6 Å². The van der Waals surface area contributed by atoms with E-state index in [1.165, 1.54) is 15.6 Å². The Morgan fingerprint density at radius 1 is 1.10 bits per heavy atom. The van der Waals surface area contributed by atoms with Crippen LogP contribution in [0.5, 0.6) is 5.75 Å². The average Bonchev–Trinajstić information content (AvgIpc) is 2.96. The molecule has 1 unspecified atom stereocenters. The standard InChI is InChI=1S/C18H18O2S/c1-2-17(19)13-7-9-15(10-8-13)20-11-14-12-21-18-6-4-3-5-16(14)18/h3-10,12,17,19H,2,11H2,1H3. The normalized spacial score (nSPS) is 12.5. The van der Waals surface area contributed by atoms with E-state index in [4.69, 9.17) is 4.74 Å². The molecule has 0 aliphatic carbocycles. The predicted molar refractivity (Wildman–Crippen MR) is 87.8 cm³/mol. The van der Waals surface area contributed by atoms with Gasteiger partial charge in [0.15, 0.2) is 0 Å². The number of hydrogen-bond donors (Lipinski definition) is 1. The first-order chi connectivity index (χ1) is 10.3. The first-order valence-electron chi connectivity index (χ1n) is 7.14. The third-order valence-electron chi connectivity index (χ3n) is 3.61. The summed E-state index contributed by atoms with van der Waals surface area (Å²) in [4.78, 5) is 0. The Morgan fingerprint density at radius 3 is 2.62 bits per heavy atom. The lowest BCUT2D eigenvalue weighted by atomic mass is 10.1. The molecule has 1 aromatic heterocycles. The molecule has 2 aromatic carbocycles. The Balaban J connectivity index is 1.70. The third kappa shape index (κ3) is 3.09. The Morgan fingerprint density at radius 2 is 1.86 bits per heavy atom. The third-order valence-corrected chi connectivity index (χ3v) is 4.62. The van der Waals surface area contributed by atoms with Crippen molar-refractivity contribution in [3.63, 3.8) is 0 Å². The second-order valence-corrected chi connectivity index (χ2v) is 5.95. The van der Waals surface area contributed by atoms with Crippen molar-refractivity contribution in [1.82, 2.24) is 0 Å². The molecule has 3 aromatic rings. The molecule has 108 valence electrons. The van der Waals surface area contributed by atoms with E-state index >= 15 is 0 Å². The quantitative estimate of drug-likeness (QED) is 0.724. The summed E-state index contributed by atoms with van der Waals surface area (Å²) in [6, 6.07) is 16.1. The van der Waals surface area contributed by atoms with Crippen molar-refractivity contribution in [1.29, 1.82) is 0 Å². The molecule has 0 bridgehead atoms. The first-order valence-corrected chi connectivity index (χ1v) is 8.02. The molecule has 0 amide bonds. The number of fused-ring (bicyclic) bond motifs is 1. The molecular weight excluding hydrogens is 280 g/mol. The maximum Gasteiger partial charge on any atom is 0.119 e. The molecular formula is C18H18O2S. The summed E-state index contributed by atoms with van der Waals surface area (Å²) in [5.74, 6) is 0.831. The highest BCUT2D eigenvalue weighted by Crippen LogP contribution is 2.27. The van der Waals surface area contributed by atoms with Gasteiger partial charge in [-0.2, -0.15) is 0 Å². The largest absolute Gasteiger partial charge is 0.489 e. The molecule has 0 saturated heterocycles. The van der Waals surface area contributed by atoms with E-state index in [-0.39, 0.29) is 6.10 Å². The summed E-state index contributed by atoms with van der Waals surface area (Å²) in [5.41, 5.74) is 2.15. The Bertz CT molecular complexity index is 715. The molecule has 0 saturated carbocycles. The monoisotopic (exact) mass is 298 g/mol. The molecule has 21 heavy (non-hydrogen) atoms. The van der Waals surface area contributed by atoms with Gasteiger partial charge in [-0.1, -0.05) is 37.3 Å². The van der Waals surface area contributed by atoms with Crippen LogP contribution >= 0.6 is 11.3 Å². The summed E-state index contributed by atoms with van der Waals surface area (Å²) in [5, 5.41) is 13.2. The molecule has 0 aliphatic rings. The van der Waals surface area contributed by atoms with Gasteiger partial charge in [-0.15, -0.1) is 11.3 Å². The van der Waals surface area contributed by atoms with Gasteiger partial charge < -0.3 is 9.84 Å². The molecule has 3 rings (SSSR count). The highest BCUT2D eigenvalue weighted by Gasteiger charge is 2.06. The van der Waals surface area contributed by atoms with Crippen LogP contribution < -0.4 is 4.74 Å². The average molecular weight is 298 g/mol. The van der Waals surface area contributed by atoms with Gasteiger partial charge in [0.1, 0.15) is 12.4 Å². The van der Waals surface area contributed by atoms with Crippen molar-refractivity contribution in [2.45, 2.75) is 26.1 Å². The summed E-state index contributed by atoms with van der Waals surface area (Å²) < 4.78 is 7.14. The first kappa shape index (κ1) is 14.1. The fourth-order valence-electron chi connectivity index (χ4n) is 2.33. The minimum absolute atomic E-state index is 0.389. The van der Waals surface area contributed by atoms with Gasteiger partial charge in [-0.3, -0.25) is 0 Å². The van der Waals surface area contributed by atoms with E-state index in [0.29, 0.717) is 6.61 Å². The Labute approximate surface area is 128 Å². The van der Waals surface area contributed by atoms with Crippen molar-refractivity contribution in [2.75, 3.05) is 0 Å². The van der Waals surface area contributed by atoms with Crippen LogP contribution in [-0.4, -0.2) is 5.11 Å². The predicted octanol–water partition coefficient (Wildman–Crippen LogP) is 4.92. The van der Waals surface area contributed by atoms with Crippen molar-refractivity contribution in [3.05, 3.63) is 65.0 Å². The second-order valence-electron chi connectivity index (χ2n) is 5.04. The number of ether oxygens (including phenoxy) is 1. The van der Waals surface area contributed by atoms with Crippen LogP contribution in [0.15, 0.2) is 53.9 Å². The summed E-state index contributed by atoms with van der Waals surface area (Å²) in [6.07, 6.45) is 0.334. The number of rotatable bonds is 5. The van der Waals surface area contributed by atoms with Crippen LogP contribution in [-0.2, 0) is 6.61 Å². The summed E-state index contributed by atoms with van der Waals surface area (Å²) in [6.45, 7) is 2.54. The lowest BCUT2D eigenvalue weighted by molar-refractivity contribution is 0.173. The van der Waals surface area contributed by atoms with E-state index in [0.717, 1.165) is 17.7 Å². The van der Waals surface area contributed by atoms with Crippen molar-refractivity contribution in [3.8, 4) is 5.75 Å². The zero-order valence-corrected chi connectivity index (χ0v) is 12.8. The number of hydrogen-bond acceptors (Lipinski definition) is 3. The maximum atomic E-state index is 9.78. The number of benzene rings is 2. The zero-order valence-electron chi connectivity index (χ0n) is 12.0.